The van der Waals surface area contributed by atoms with Gasteiger partial charge in [-0.05, 0) is 30.5 Å². The normalized spacial score (nSPS) is 17.4. The van der Waals surface area contributed by atoms with Crippen molar-refractivity contribution in [3.8, 4) is 5.75 Å². The number of hydrogen-bond donors (Lipinski definition) is 2. The van der Waals surface area contributed by atoms with Gasteiger partial charge in [0.1, 0.15) is 11.8 Å². The Kier molecular flexibility index (Phi) is 4.66. The molecule has 1 aromatic rings. The number of nitrogens with one attached hydrogen (secondary N) is 1. The lowest BCUT2D eigenvalue weighted by Crippen LogP contribution is -2.38. The zero-order valence-electron chi connectivity index (χ0n) is 11.0. The van der Waals surface area contributed by atoms with Crippen molar-refractivity contribution in [2.75, 3.05) is 7.11 Å². The Bertz CT molecular complexity index is 459. The molecule has 3 N–H and O–H groups in total. The minimum Gasteiger partial charge on any atom is -0.495 e. The van der Waals surface area contributed by atoms with Gasteiger partial charge in [0.15, 0.2) is 0 Å². The number of ether oxygens (including phenoxy) is 1. The van der Waals surface area contributed by atoms with Crippen LogP contribution in [0.25, 0.3) is 0 Å². The maximum Gasteiger partial charge on any atom is 0.239 e. The highest BCUT2D eigenvalue weighted by Gasteiger charge is 2.24. The Balaban J connectivity index is 2.18. The first kappa shape index (κ1) is 14.2. The third-order valence-corrected chi connectivity index (χ3v) is 3.85. The fourth-order valence-corrected chi connectivity index (χ4v) is 2.80. The molecular formula is C14H19ClN2O2. The quantitative estimate of drug-likeness (QED) is 0.872. The predicted octanol–water partition coefficient (Wildman–Crippen LogP) is 2.41. The molecule has 1 aromatic carbocycles. The molecule has 0 aliphatic heterocycles. The summed E-state index contributed by atoms with van der Waals surface area (Å²) in [4.78, 5) is 11.6. The summed E-state index contributed by atoms with van der Waals surface area (Å²) in [7, 11) is 1.56. The summed E-state index contributed by atoms with van der Waals surface area (Å²) in [6.07, 6.45) is 4.58. The average molecular weight is 283 g/mol. The van der Waals surface area contributed by atoms with Gasteiger partial charge >= 0.3 is 0 Å². The average Bonchev–Trinajstić information content (AvgIpc) is 2.88. The number of hydrogen-bond acceptors (Lipinski definition) is 3. The van der Waals surface area contributed by atoms with E-state index >= 15 is 0 Å². The smallest absolute Gasteiger partial charge is 0.239 e. The van der Waals surface area contributed by atoms with E-state index in [-0.39, 0.29) is 5.91 Å². The summed E-state index contributed by atoms with van der Waals surface area (Å²) in [5.74, 6) is 0.211. The predicted molar refractivity (Wildman–Crippen MR) is 75.3 cm³/mol. The molecule has 1 fully saturated rings. The van der Waals surface area contributed by atoms with Crippen molar-refractivity contribution in [3.05, 3.63) is 28.8 Å². The van der Waals surface area contributed by atoms with Crippen molar-refractivity contribution in [1.82, 2.24) is 5.32 Å². The number of nitrogens with two attached hydrogens (primary N) is 1. The van der Waals surface area contributed by atoms with E-state index in [2.05, 4.69) is 5.32 Å². The fourth-order valence-electron chi connectivity index (χ4n) is 2.53. The van der Waals surface area contributed by atoms with E-state index in [4.69, 9.17) is 22.1 Å². The molecule has 0 heterocycles. The lowest BCUT2D eigenvalue weighted by molar-refractivity contribution is -0.120. The minimum absolute atomic E-state index is 0.360. The Morgan fingerprint density at radius 2 is 2.16 bits per heavy atom. The monoisotopic (exact) mass is 282 g/mol. The van der Waals surface area contributed by atoms with Crippen LogP contribution in [0.3, 0.4) is 0 Å². The van der Waals surface area contributed by atoms with Gasteiger partial charge in [-0.25, -0.2) is 0 Å². The number of rotatable bonds is 5. The van der Waals surface area contributed by atoms with E-state index < -0.39 is 6.04 Å². The second-order valence-corrected chi connectivity index (χ2v) is 5.28. The van der Waals surface area contributed by atoms with Gasteiger partial charge in [-0.15, -0.1) is 0 Å². The summed E-state index contributed by atoms with van der Waals surface area (Å²) >= 11 is 6.09. The summed E-state index contributed by atoms with van der Waals surface area (Å²) in [6.45, 7) is 0. The third-order valence-electron chi connectivity index (χ3n) is 3.55. The van der Waals surface area contributed by atoms with Crippen LogP contribution in [0.1, 0.15) is 37.3 Å². The molecule has 1 aliphatic rings. The maximum absolute atomic E-state index is 11.6. The maximum atomic E-state index is 11.6. The van der Waals surface area contributed by atoms with Gasteiger partial charge in [-0.3, -0.25) is 10.1 Å². The van der Waals surface area contributed by atoms with Crippen molar-refractivity contribution < 1.29 is 9.53 Å². The number of methoxy groups -OCH3 is 1. The van der Waals surface area contributed by atoms with Crippen LogP contribution >= 0.6 is 11.6 Å². The molecule has 104 valence electrons. The zero-order chi connectivity index (χ0) is 13.8. The minimum atomic E-state index is -0.494. The van der Waals surface area contributed by atoms with Gasteiger partial charge in [-0.2, -0.15) is 0 Å². The molecule has 5 heteroatoms. The molecule has 0 aromatic heterocycles. The fraction of sp³-hybridized carbons (Fsp3) is 0.500. The molecule has 1 atom stereocenters. The largest absolute Gasteiger partial charge is 0.495 e. The van der Waals surface area contributed by atoms with Gasteiger partial charge in [-0.1, -0.05) is 30.5 Å². The Morgan fingerprint density at radius 3 is 2.68 bits per heavy atom. The van der Waals surface area contributed by atoms with Gasteiger partial charge in [0.25, 0.3) is 0 Å². The first-order chi connectivity index (χ1) is 9.11. The molecule has 0 saturated heterocycles. The summed E-state index contributed by atoms with van der Waals surface area (Å²) in [5, 5.41) is 3.81. The van der Waals surface area contributed by atoms with Crippen LogP contribution in [0.2, 0.25) is 5.02 Å². The van der Waals surface area contributed by atoms with E-state index in [0.29, 0.717) is 16.8 Å². The van der Waals surface area contributed by atoms with E-state index in [0.717, 1.165) is 18.4 Å². The van der Waals surface area contributed by atoms with E-state index in [9.17, 15) is 4.79 Å². The number of carbonyl (C=O) groups excluding carboxylic acids is 1. The lowest BCUT2D eigenvalue weighted by atomic mass is 10.0. The molecule has 4 nitrogen and oxygen atoms in total. The highest BCUT2D eigenvalue weighted by Crippen LogP contribution is 2.29. The van der Waals surface area contributed by atoms with Crippen LogP contribution < -0.4 is 15.8 Å². The molecule has 1 aliphatic carbocycles. The van der Waals surface area contributed by atoms with Crippen molar-refractivity contribution in [2.45, 2.75) is 37.8 Å². The van der Waals surface area contributed by atoms with E-state index in [1.165, 1.54) is 12.8 Å². The molecule has 1 amide bonds. The SMILES string of the molecule is COc1ccc(C(NC2CCCC2)C(N)=O)cc1Cl. The van der Waals surface area contributed by atoms with Crippen molar-refractivity contribution in [1.29, 1.82) is 0 Å². The van der Waals surface area contributed by atoms with Crippen LogP contribution in [0.5, 0.6) is 5.75 Å². The first-order valence-corrected chi connectivity index (χ1v) is 6.88. The Morgan fingerprint density at radius 1 is 1.47 bits per heavy atom. The highest BCUT2D eigenvalue weighted by atomic mass is 35.5. The molecule has 0 radical (unpaired) electrons. The number of amides is 1. The first-order valence-electron chi connectivity index (χ1n) is 6.50. The highest BCUT2D eigenvalue weighted by molar-refractivity contribution is 6.32. The number of benzene rings is 1. The zero-order valence-corrected chi connectivity index (χ0v) is 11.7. The molecular weight excluding hydrogens is 264 g/mol. The van der Waals surface area contributed by atoms with Gasteiger partial charge in [0.05, 0.1) is 12.1 Å². The lowest BCUT2D eigenvalue weighted by Gasteiger charge is -2.21. The van der Waals surface area contributed by atoms with Crippen molar-refractivity contribution in [2.24, 2.45) is 5.73 Å². The van der Waals surface area contributed by atoms with Gasteiger partial charge in [0, 0.05) is 6.04 Å². The summed E-state index contributed by atoms with van der Waals surface area (Å²) < 4.78 is 5.11. The van der Waals surface area contributed by atoms with Gasteiger partial charge in [0.2, 0.25) is 5.91 Å². The second kappa shape index (κ2) is 6.26. The number of primary amides is 1. The molecule has 1 unspecified atom stereocenters. The third kappa shape index (κ3) is 3.39. The Labute approximate surface area is 118 Å². The van der Waals surface area contributed by atoms with Crippen LogP contribution in [-0.4, -0.2) is 19.1 Å². The Hall–Kier alpha value is -1.26. The van der Waals surface area contributed by atoms with Crippen LogP contribution in [0, 0.1) is 0 Å². The number of halogens is 1. The molecule has 2 rings (SSSR count). The molecule has 1 saturated carbocycles. The van der Waals surface area contributed by atoms with Crippen LogP contribution in [-0.2, 0) is 4.79 Å². The second-order valence-electron chi connectivity index (χ2n) is 4.88. The van der Waals surface area contributed by atoms with Crippen LogP contribution in [0.4, 0.5) is 0 Å². The number of carbonyl (C=O) groups is 1. The van der Waals surface area contributed by atoms with E-state index in [1.54, 1.807) is 19.2 Å². The molecule has 0 spiro atoms. The van der Waals surface area contributed by atoms with Gasteiger partial charge < -0.3 is 10.5 Å². The molecule has 19 heavy (non-hydrogen) atoms. The summed E-state index contributed by atoms with van der Waals surface area (Å²) in [6, 6.07) is 5.17. The molecule has 0 bridgehead atoms. The summed E-state index contributed by atoms with van der Waals surface area (Å²) in [5.41, 5.74) is 6.27. The topological polar surface area (TPSA) is 64.3 Å². The standard InChI is InChI=1S/C14H19ClN2O2/c1-19-12-7-6-9(8-11(12)15)13(14(16)18)17-10-4-2-3-5-10/h6-8,10,13,17H,2-5H2,1H3,(H2,16,18). The van der Waals surface area contributed by atoms with Crippen molar-refractivity contribution in [3.63, 3.8) is 0 Å². The van der Waals surface area contributed by atoms with E-state index in [1.807, 2.05) is 6.07 Å². The van der Waals surface area contributed by atoms with Crippen molar-refractivity contribution >= 4 is 17.5 Å². The van der Waals surface area contributed by atoms with Crippen LogP contribution in [0.15, 0.2) is 18.2 Å².